The van der Waals surface area contributed by atoms with Crippen LogP contribution >= 0.6 is 11.6 Å². The molecule has 0 radical (unpaired) electrons. The molecule has 0 unspecified atom stereocenters. The zero-order valence-corrected chi connectivity index (χ0v) is 13.1. The van der Waals surface area contributed by atoms with Crippen molar-refractivity contribution in [2.75, 3.05) is 38.0 Å². The Hall–Kier alpha value is -1.19. The molecular weight excluding hydrogens is 270 g/mol. The minimum atomic E-state index is 0.777. The highest BCUT2D eigenvalue weighted by Gasteiger charge is 2.11. The number of benzene rings is 1. The van der Waals surface area contributed by atoms with Crippen molar-refractivity contribution in [1.29, 1.82) is 0 Å². The van der Waals surface area contributed by atoms with Crippen LogP contribution in [-0.2, 0) is 0 Å². The van der Waals surface area contributed by atoms with Gasteiger partial charge in [-0.15, -0.1) is 0 Å². The zero-order chi connectivity index (χ0) is 14.4. The van der Waals surface area contributed by atoms with Crippen LogP contribution in [-0.4, -0.2) is 37.6 Å². The third-order valence-corrected chi connectivity index (χ3v) is 3.97. The van der Waals surface area contributed by atoms with Gasteiger partial charge in [-0.2, -0.15) is 0 Å². The van der Waals surface area contributed by atoms with Gasteiger partial charge in [0.25, 0.3) is 0 Å². The van der Waals surface area contributed by atoms with Crippen molar-refractivity contribution in [2.45, 2.75) is 20.3 Å². The van der Waals surface area contributed by atoms with Gasteiger partial charge in [-0.25, -0.2) is 0 Å². The second-order valence-electron chi connectivity index (χ2n) is 5.00. The summed E-state index contributed by atoms with van der Waals surface area (Å²) in [4.78, 5) is 2.45. The molecule has 0 saturated heterocycles. The van der Waals surface area contributed by atoms with Gasteiger partial charge in [0.2, 0.25) is 0 Å². The summed E-state index contributed by atoms with van der Waals surface area (Å²) in [6.07, 6.45) is 3.36. The summed E-state index contributed by atoms with van der Waals surface area (Å²) < 4.78 is 0. The number of hydrogen-bond donors (Lipinski definition) is 2. The highest BCUT2D eigenvalue weighted by molar-refractivity contribution is 6.31. The van der Waals surface area contributed by atoms with E-state index in [1.165, 1.54) is 11.3 Å². The molecule has 2 N–H and O–H groups in total. The molecule has 0 aliphatic carbocycles. The minimum Gasteiger partial charge on any atom is -0.385 e. The van der Waals surface area contributed by atoms with E-state index >= 15 is 0 Å². The number of anilines is 1. The maximum Gasteiger partial charge on any atom is 0.0452 e. The van der Waals surface area contributed by atoms with Crippen LogP contribution in [0.25, 0.3) is 5.70 Å². The van der Waals surface area contributed by atoms with Crippen molar-refractivity contribution < 1.29 is 0 Å². The molecule has 0 saturated carbocycles. The van der Waals surface area contributed by atoms with Gasteiger partial charge in [-0.3, -0.25) is 0 Å². The topological polar surface area (TPSA) is 27.3 Å². The molecule has 0 amide bonds. The number of fused-ring (bicyclic) bond motifs is 1. The lowest BCUT2D eigenvalue weighted by Crippen LogP contribution is -2.27. The first kappa shape index (κ1) is 15.2. The highest BCUT2D eigenvalue weighted by Crippen LogP contribution is 2.28. The molecule has 1 heterocycles. The predicted octanol–water partition coefficient (Wildman–Crippen LogP) is 3.43. The Kier molecular flexibility index (Phi) is 5.74. The van der Waals surface area contributed by atoms with E-state index in [1.54, 1.807) is 0 Å². The first-order valence-electron chi connectivity index (χ1n) is 7.44. The molecule has 1 aliphatic rings. The molecule has 1 aromatic carbocycles. The Balaban J connectivity index is 1.87. The molecule has 2 rings (SSSR count). The molecule has 20 heavy (non-hydrogen) atoms. The average Bonchev–Trinajstić information content (AvgIpc) is 2.47. The summed E-state index contributed by atoms with van der Waals surface area (Å²) in [6.45, 7) is 9.70. The third-order valence-electron chi connectivity index (χ3n) is 3.73. The van der Waals surface area contributed by atoms with E-state index < -0.39 is 0 Å². The summed E-state index contributed by atoms with van der Waals surface area (Å²) >= 11 is 6.03. The van der Waals surface area contributed by atoms with Crippen molar-refractivity contribution in [3.05, 3.63) is 34.9 Å². The van der Waals surface area contributed by atoms with Gasteiger partial charge in [0.15, 0.2) is 0 Å². The van der Waals surface area contributed by atoms with E-state index in [1.807, 2.05) is 12.1 Å². The molecule has 1 aliphatic heterocycles. The molecule has 1 aromatic rings. The van der Waals surface area contributed by atoms with Gasteiger partial charge >= 0.3 is 0 Å². The van der Waals surface area contributed by atoms with E-state index in [0.29, 0.717) is 0 Å². The largest absolute Gasteiger partial charge is 0.385 e. The number of rotatable bonds is 7. The summed E-state index contributed by atoms with van der Waals surface area (Å²) in [6, 6.07) is 6.01. The standard InChI is InChI=1S/C16H24ClN3/c1-3-20(4-2)11-5-9-18-15-8-10-19-16-12-13(17)6-7-14(15)16/h6-8,12,18-19H,3-5,9-11H2,1-2H3. The van der Waals surface area contributed by atoms with Gasteiger partial charge in [0.05, 0.1) is 0 Å². The van der Waals surface area contributed by atoms with Gasteiger partial charge < -0.3 is 15.5 Å². The first-order valence-corrected chi connectivity index (χ1v) is 7.82. The molecule has 3 nitrogen and oxygen atoms in total. The fraction of sp³-hybridized carbons (Fsp3) is 0.500. The monoisotopic (exact) mass is 293 g/mol. The van der Waals surface area contributed by atoms with Crippen LogP contribution in [0.15, 0.2) is 24.3 Å². The fourth-order valence-electron chi connectivity index (χ4n) is 2.50. The van der Waals surface area contributed by atoms with Crippen molar-refractivity contribution in [1.82, 2.24) is 10.2 Å². The molecule has 0 aromatic heterocycles. The lowest BCUT2D eigenvalue weighted by molar-refractivity contribution is 0.300. The highest BCUT2D eigenvalue weighted by atomic mass is 35.5. The summed E-state index contributed by atoms with van der Waals surface area (Å²) in [7, 11) is 0. The van der Waals surface area contributed by atoms with Crippen LogP contribution in [0.1, 0.15) is 25.8 Å². The average molecular weight is 294 g/mol. The molecular formula is C16H24ClN3. The van der Waals surface area contributed by atoms with Gasteiger partial charge in [-0.05, 0) is 50.3 Å². The third kappa shape index (κ3) is 3.90. The molecule has 0 atom stereocenters. The van der Waals surface area contributed by atoms with Crippen LogP contribution in [0.5, 0.6) is 0 Å². The predicted molar refractivity (Wildman–Crippen MR) is 88.3 cm³/mol. The SMILES string of the molecule is CCN(CC)CCCNC1=CCNc2cc(Cl)ccc21. The molecule has 0 spiro atoms. The molecule has 110 valence electrons. The number of nitrogens with one attached hydrogen (secondary N) is 2. The summed E-state index contributed by atoms with van der Waals surface area (Å²) in [5.74, 6) is 0. The minimum absolute atomic E-state index is 0.777. The lowest BCUT2D eigenvalue weighted by Gasteiger charge is -2.22. The van der Waals surface area contributed by atoms with E-state index in [4.69, 9.17) is 11.6 Å². The van der Waals surface area contributed by atoms with Crippen LogP contribution in [0, 0.1) is 0 Å². The van der Waals surface area contributed by atoms with Crippen LogP contribution in [0.2, 0.25) is 5.02 Å². The number of hydrogen-bond acceptors (Lipinski definition) is 3. The van der Waals surface area contributed by atoms with E-state index in [2.05, 4.69) is 41.5 Å². The molecule has 4 heteroatoms. The van der Waals surface area contributed by atoms with E-state index in [9.17, 15) is 0 Å². The lowest BCUT2D eigenvalue weighted by atomic mass is 10.1. The van der Waals surface area contributed by atoms with Gasteiger partial charge in [-0.1, -0.05) is 25.4 Å². The van der Waals surface area contributed by atoms with Crippen LogP contribution in [0.3, 0.4) is 0 Å². The van der Waals surface area contributed by atoms with E-state index in [0.717, 1.165) is 49.9 Å². The van der Waals surface area contributed by atoms with Gasteiger partial charge in [0, 0.05) is 35.1 Å². The number of nitrogens with zero attached hydrogens (tertiary/aromatic N) is 1. The Labute approximate surface area is 127 Å². The Morgan fingerprint density at radius 1 is 1.30 bits per heavy atom. The second-order valence-corrected chi connectivity index (χ2v) is 5.43. The maximum atomic E-state index is 6.03. The smallest absolute Gasteiger partial charge is 0.0452 e. The Bertz CT molecular complexity index is 467. The normalized spacial score (nSPS) is 13.7. The summed E-state index contributed by atoms with van der Waals surface area (Å²) in [5, 5.41) is 7.68. The zero-order valence-electron chi connectivity index (χ0n) is 12.4. The quantitative estimate of drug-likeness (QED) is 0.754. The van der Waals surface area contributed by atoms with Crippen molar-refractivity contribution >= 4 is 23.0 Å². The Morgan fingerprint density at radius 3 is 2.85 bits per heavy atom. The molecule has 0 bridgehead atoms. The van der Waals surface area contributed by atoms with Crippen LogP contribution in [0.4, 0.5) is 5.69 Å². The maximum absolute atomic E-state index is 6.03. The molecule has 0 fully saturated rings. The fourth-order valence-corrected chi connectivity index (χ4v) is 2.68. The van der Waals surface area contributed by atoms with Gasteiger partial charge in [0.1, 0.15) is 0 Å². The van der Waals surface area contributed by atoms with Crippen molar-refractivity contribution in [2.24, 2.45) is 0 Å². The van der Waals surface area contributed by atoms with Crippen molar-refractivity contribution in [3.63, 3.8) is 0 Å². The number of halogens is 1. The summed E-state index contributed by atoms with van der Waals surface area (Å²) in [5.41, 5.74) is 3.55. The van der Waals surface area contributed by atoms with Crippen LogP contribution < -0.4 is 10.6 Å². The Morgan fingerprint density at radius 2 is 2.10 bits per heavy atom. The van der Waals surface area contributed by atoms with Crippen molar-refractivity contribution in [3.8, 4) is 0 Å². The first-order chi connectivity index (χ1) is 9.74. The van der Waals surface area contributed by atoms with E-state index in [-0.39, 0.29) is 0 Å². The second kappa shape index (κ2) is 7.55.